The van der Waals surface area contributed by atoms with Crippen LogP contribution < -0.4 is 16.0 Å². The molecule has 0 saturated heterocycles. The van der Waals surface area contributed by atoms with Crippen LogP contribution >= 0.6 is 0 Å². The van der Waals surface area contributed by atoms with Crippen molar-refractivity contribution >= 4 is 17.5 Å². The van der Waals surface area contributed by atoms with Crippen molar-refractivity contribution in [2.45, 2.75) is 58.9 Å². The van der Waals surface area contributed by atoms with E-state index in [2.05, 4.69) is 22.9 Å². The summed E-state index contributed by atoms with van der Waals surface area (Å²) < 4.78 is 0. The number of nitrogens with one attached hydrogen (secondary N) is 3. The Hall–Kier alpha value is -1.88. The zero-order valence-electron chi connectivity index (χ0n) is 15.9. The van der Waals surface area contributed by atoms with Gasteiger partial charge in [-0.3, -0.25) is 9.59 Å². The predicted molar refractivity (Wildman–Crippen MR) is 102 cm³/mol. The Labute approximate surface area is 151 Å². The second kappa shape index (κ2) is 8.48. The van der Waals surface area contributed by atoms with Gasteiger partial charge in [0.1, 0.15) is 0 Å². The second-order valence-electron chi connectivity index (χ2n) is 7.21. The number of rotatable bonds is 7. The third kappa shape index (κ3) is 4.60. The molecule has 25 heavy (non-hydrogen) atoms. The number of hydrogen-bond donors (Lipinski definition) is 3. The summed E-state index contributed by atoms with van der Waals surface area (Å²) in [5.74, 6) is -0.0127. The summed E-state index contributed by atoms with van der Waals surface area (Å²) in [5.41, 5.74) is 2.69. The molecule has 1 unspecified atom stereocenters. The van der Waals surface area contributed by atoms with Crippen molar-refractivity contribution in [1.29, 1.82) is 0 Å². The fourth-order valence-corrected chi connectivity index (χ4v) is 3.52. The summed E-state index contributed by atoms with van der Waals surface area (Å²) in [7, 11) is 1.78. The minimum Gasteiger partial charge on any atom is -0.354 e. The highest BCUT2D eigenvalue weighted by Gasteiger charge is 2.41. The molecule has 5 nitrogen and oxygen atoms in total. The molecule has 0 radical (unpaired) electrons. The lowest BCUT2D eigenvalue weighted by atomic mass is 9.84. The van der Waals surface area contributed by atoms with E-state index >= 15 is 0 Å². The molecule has 0 heterocycles. The van der Waals surface area contributed by atoms with E-state index in [1.54, 1.807) is 7.05 Å². The first-order valence-corrected chi connectivity index (χ1v) is 9.25. The van der Waals surface area contributed by atoms with E-state index < -0.39 is 5.41 Å². The Kier molecular flexibility index (Phi) is 6.59. The highest BCUT2D eigenvalue weighted by Crippen LogP contribution is 2.38. The second-order valence-corrected chi connectivity index (χ2v) is 7.21. The highest BCUT2D eigenvalue weighted by atomic mass is 16.2. The molecule has 5 heteroatoms. The van der Waals surface area contributed by atoms with Crippen molar-refractivity contribution in [3.8, 4) is 0 Å². The van der Waals surface area contributed by atoms with Crippen molar-refractivity contribution in [2.75, 3.05) is 18.9 Å². The number of likely N-dealkylation sites (N-methyl/N-ethyl adjacent to an activating group) is 1. The van der Waals surface area contributed by atoms with Crippen molar-refractivity contribution < 1.29 is 9.59 Å². The van der Waals surface area contributed by atoms with Crippen LogP contribution in [0.15, 0.2) is 18.2 Å². The first-order valence-electron chi connectivity index (χ1n) is 9.25. The van der Waals surface area contributed by atoms with Crippen molar-refractivity contribution in [2.24, 2.45) is 5.41 Å². The molecule has 1 fully saturated rings. The van der Waals surface area contributed by atoms with Crippen LogP contribution in [0.1, 0.15) is 50.2 Å². The maximum atomic E-state index is 13.0. The average molecular weight is 345 g/mol. The van der Waals surface area contributed by atoms with Crippen molar-refractivity contribution in [3.63, 3.8) is 0 Å². The number of aryl methyl sites for hydroxylation is 2. The Morgan fingerprint density at radius 2 is 1.84 bits per heavy atom. The maximum Gasteiger partial charge on any atom is 0.237 e. The molecule has 1 saturated carbocycles. The van der Waals surface area contributed by atoms with Crippen molar-refractivity contribution in [3.05, 3.63) is 29.3 Å². The maximum absolute atomic E-state index is 13.0. The average Bonchev–Trinajstić information content (AvgIpc) is 3.08. The fourth-order valence-electron chi connectivity index (χ4n) is 3.52. The molecule has 2 rings (SSSR count). The Morgan fingerprint density at radius 1 is 1.16 bits per heavy atom. The van der Waals surface area contributed by atoms with E-state index in [1.165, 1.54) is 5.56 Å². The molecular weight excluding hydrogens is 314 g/mol. The van der Waals surface area contributed by atoms with Gasteiger partial charge in [0.15, 0.2) is 0 Å². The minimum atomic E-state index is -0.500. The van der Waals surface area contributed by atoms with E-state index in [-0.39, 0.29) is 17.9 Å². The van der Waals surface area contributed by atoms with Crippen molar-refractivity contribution in [1.82, 2.24) is 10.6 Å². The highest BCUT2D eigenvalue weighted by molar-refractivity contribution is 5.96. The number of amides is 2. The molecule has 0 aliphatic heterocycles. The third-order valence-electron chi connectivity index (χ3n) is 5.48. The van der Waals surface area contributed by atoms with Gasteiger partial charge in [-0.1, -0.05) is 25.8 Å². The standard InChI is InChI=1S/C20H31N3O2/c1-5-17(21-4)18(24)22-13-20(10-6-7-11-20)19(25)23-16-9-8-14(2)15(3)12-16/h8-9,12,17,21H,5-7,10-11,13H2,1-4H3,(H,22,24)(H,23,25). The van der Waals surface area contributed by atoms with Crippen LogP contribution in [0.5, 0.6) is 0 Å². The van der Waals surface area contributed by atoms with E-state index in [0.717, 1.165) is 43.4 Å². The van der Waals surface area contributed by atoms with Gasteiger partial charge in [0.25, 0.3) is 0 Å². The smallest absolute Gasteiger partial charge is 0.237 e. The molecule has 2 amide bonds. The Morgan fingerprint density at radius 3 is 2.40 bits per heavy atom. The summed E-state index contributed by atoms with van der Waals surface area (Å²) in [5, 5.41) is 9.07. The molecular formula is C20H31N3O2. The van der Waals surface area contributed by atoms with Gasteiger partial charge in [-0.15, -0.1) is 0 Å². The first-order chi connectivity index (χ1) is 11.9. The van der Waals surface area contributed by atoms with Gasteiger partial charge < -0.3 is 16.0 Å². The zero-order chi connectivity index (χ0) is 18.4. The van der Waals surface area contributed by atoms with Crippen LogP contribution in [0.4, 0.5) is 5.69 Å². The lowest BCUT2D eigenvalue weighted by molar-refractivity contribution is -0.127. The lowest BCUT2D eigenvalue weighted by Gasteiger charge is -2.29. The van der Waals surface area contributed by atoms with Crippen LogP contribution in [0.3, 0.4) is 0 Å². The number of benzene rings is 1. The van der Waals surface area contributed by atoms with E-state index in [4.69, 9.17) is 0 Å². The SMILES string of the molecule is CCC(NC)C(=O)NCC1(C(=O)Nc2ccc(C)c(C)c2)CCCC1. The summed E-state index contributed by atoms with van der Waals surface area (Å²) in [6.45, 7) is 6.47. The summed E-state index contributed by atoms with van der Waals surface area (Å²) in [6.07, 6.45) is 4.42. The molecule has 1 aromatic rings. The quantitative estimate of drug-likeness (QED) is 0.712. The van der Waals surface area contributed by atoms with Gasteiger partial charge in [0, 0.05) is 12.2 Å². The van der Waals surface area contributed by atoms with E-state index in [9.17, 15) is 9.59 Å². The Bertz CT molecular complexity index is 617. The summed E-state index contributed by atoms with van der Waals surface area (Å²) >= 11 is 0. The molecule has 138 valence electrons. The molecule has 0 bridgehead atoms. The zero-order valence-corrected chi connectivity index (χ0v) is 15.9. The van der Waals surface area contributed by atoms with E-state index in [0.29, 0.717) is 6.54 Å². The topological polar surface area (TPSA) is 70.2 Å². The molecule has 3 N–H and O–H groups in total. The number of carbonyl (C=O) groups is 2. The largest absolute Gasteiger partial charge is 0.354 e. The number of hydrogen-bond acceptors (Lipinski definition) is 3. The molecule has 1 aliphatic carbocycles. The molecule has 1 aliphatic rings. The molecule has 1 atom stereocenters. The van der Waals surface area contributed by atoms with Gasteiger partial charge in [-0.05, 0) is 63.4 Å². The summed E-state index contributed by atoms with van der Waals surface area (Å²) in [4.78, 5) is 25.2. The van der Waals surface area contributed by atoms with Crippen LogP contribution in [-0.4, -0.2) is 31.4 Å². The molecule has 1 aromatic carbocycles. The normalized spacial score (nSPS) is 17.1. The lowest BCUT2D eigenvalue weighted by Crippen LogP contribution is -2.49. The summed E-state index contributed by atoms with van der Waals surface area (Å²) in [6, 6.07) is 5.76. The van der Waals surface area contributed by atoms with Gasteiger partial charge in [-0.2, -0.15) is 0 Å². The van der Waals surface area contributed by atoms with Crippen LogP contribution in [-0.2, 0) is 9.59 Å². The van der Waals surface area contributed by atoms with Crippen LogP contribution in [0.25, 0.3) is 0 Å². The van der Waals surface area contributed by atoms with Crippen LogP contribution in [0.2, 0.25) is 0 Å². The minimum absolute atomic E-state index is 0.0195. The van der Waals surface area contributed by atoms with E-state index in [1.807, 2.05) is 32.0 Å². The van der Waals surface area contributed by atoms with Gasteiger partial charge in [0.05, 0.1) is 11.5 Å². The van der Waals surface area contributed by atoms with Gasteiger partial charge >= 0.3 is 0 Å². The number of anilines is 1. The molecule has 0 spiro atoms. The fraction of sp³-hybridized carbons (Fsp3) is 0.600. The number of carbonyl (C=O) groups excluding carboxylic acids is 2. The molecule has 0 aromatic heterocycles. The predicted octanol–water partition coefficient (Wildman–Crippen LogP) is 2.92. The van der Waals surface area contributed by atoms with Gasteiger partial charge in [-0.25, -0.2) is 0 Å². The first kappa shape index (κ1) is 19.4. The Balaban J connectivity index is 2.06. The van der Waals surface area contributed by atoms with Gasteiger partial charge in [0.2, 0.25) is 11.8 Å². The third-order valence-corrected chi connectivity index (χ3v) is 5.48. The van der Waals surface area contributed by atoms with Crippen LogP contribution in [0, 0.1) is 19.3 Å². The monoisotopic (exact) mass is 345 g/mol.